The number of nitro benzene ring substituents is 1. The number of benzene rings is 2. The van der Waals surface area contributed by atoms with Gasteiger partial charge in [-0.1, -0.05) is 25.1 Å². The van der Waals surface area contributed by atoms with Crippen LogP contribution in [0.5, 0.6) is 11.5 Å². The molecule has 2 aromatic rings. The molecule has 0 aliphatic heterocycles. The summed E-state index contributed by atoms with van der Waals surface area (Å²) >= 11 is 0. The molecule has 0 fully saturated rings. The molecule has 7 nitrogen and oxygen atoms in total. The van der Waals surface area contributed by atoms with Gasteiger partial charge in [-0.2, -0.15) is 0 Å². The largest absolute Gasteiger partial charge is 0.493 e. The van der Waals surface area contributed by atoms with Crippen LogP contribution in [-0.4, -0.2) is 25.1 Å². The van der Waals surface area contributed by atoms with Gasteiger partial charge in [0.05, 0.1) is 25.2 Å². The number of hydrogen-bond donors (Lipinski definition) is 1. The number of rotatable bonds is 8. The number of nitro groups is 1. The third-order valence-electron chi connectivity index (χ3n) is 4.04. The Morgan fingerprint density at radius 3 is 2.56 bits per heavy atom. The van der Waals surface area contributed by atoms with Gasteiger partial charge in [0.25, 0.3) is 5.69 Å². The average molecular weight is 370 g/mol. The molecule has 2 aromatic carbocycles. The van der Waals surface area contributed by atoms with E-state index in [0.717, 1.165) is 5.56 Å². The highest BCUT2D eigenvalue weighted by molar-refractivity contribution is 5.92. The van der Waals surface area contributed by atoms with Crippen molar-refractivity contribution in [2.24, 2.45) is 0 Å². The van der Waals surface area contributed by atoms with Gasteiger partial charge >= 0.3 is 0 Å². The molecule has 0 heterocycles. The maximum absolute atomic E-state index is 12.3. The van der Waals surface area contributed by atoms with Crippen molar-refractivity contribution in [1.82, 2.24) is 5.32 Å². The second-order valence-electron chi connectivity index (χ2n) is 5.77. The zero-order valence-electron chi connectivity index (χ0n) is 15.5. The van der Waals surface area contributed by atoms with Crippen molar-refractivity contribution in [3.05, 3.63) is 69.8 Å². The van der Waals surface area contributed by atoms with Crippen LogP contribution in [0.15, 0.2) is 48.5 Å². The molecule has 0 saturated carbocycles. The molecule has 1 amide bonds. The number of nitrogens with zero attached hydrogens (tertiary/aromatic N) is 1. The molecule has 0 unspecified atom stereocenters. The van der Waals surface area contributed by atoms with Crippen molar-refractivity contribution in [2.75, 3.05) is 14.2 Å². The molecule has 1 atom stereocenters. The number of carbonyl (C=O) groups is 1. The Kier molecular flexibility index (Phi) is 6.93. The Morgan fingerprint density at radius 1 is 1.19 bits per heavy atom. The van der Waals surface area contributed by atoms with Gasteiger partial charge < -0.3 is 14.8 Å². The minimum absolute atomic E-state index is 0.0191. The Labute approximate surface area is 157 Å². The van der Waals surface area contributed by atoms with Crippen molar-refractivity contribution in [2.45, 2.75) is 19.4 Å². The molecule has 2 rings (SSSR count). The van der Waals surface area contributed by atoms with Crippen molar-refractivity contribution in [1.29, 1.82) is 0 Å². The van der Waals surface area contributed by atoms with Crippen molar-refractivity contribution < 1.29 is 19.2 Å². The highest BCUT2D eigenvalue weighted by Crippen LogP contribution is 2.30. The minimum atomic E-state index is -0.471. The van der Waals surface area contributed by atoms with Gasteiger partial charge in [-0.25, -0.2) is 0 Å². The predicted octanol–water partition coefficient (Wildman–Crippen LogP) is 3.89. The maximum Gasteiger partial charge on any atom is 0.270 e. The molecule has 0 radical (unpaired) electrons. The van der Waals surface area contributed by atoms with Gasteiger partial charge in [0.15, 0.2) is 11.5 Å². The lowest BCUT2D eigenvalue weighted by Crippen LogP contribution is -2.26. The summed E-state index contributed by atoms with van der Waals surface area (Å²) in [5.41, 5.74) is 1.46. The summed E-state index contributed by atoms with van der Waals surface area (Å²) in [6.07, 6.45) is 3.60. The van der Waals surface area contributed by atoms with Gasteiger partial charge in [-0.15, -0.1) is 0 Å². The fourth-order valence-electron chi connectivity index (χ4n) is 2.62. The van der Waals surface area contributed by atoms with E-state index in [9.17, 15) is 14.9 Å². The van der Waals surface area contributed by atoms with Gasteiger partial charge in [0.1, 0.15) is 0 Å². The molecule has 1 N–H and O–H groups in total. The second-order valence-corrected chi connectivity index (χ2v) is 5.77. The number of carbonyl (C=O) groups excluding carboxylic acids is 1. The molecule has 0 spiro atoms. The van der Waals surface area contributed by atoms with Crippen molar-refractivity contribution in [3.8, 4) is 11.5 Å². The highest BCUT2D eigenvalue weighted by Gasteiger charge is 2.14. The van der Waals surface area contributed by atoms with Gasteiger partial charge in [-0.3, -0.25) is 14.9 Å². The zero-order valence-corrected chi connectivity index (χ0v) is 15.5. The molecule has 27 heavy (non-hydrogen) atoms. The molecule has 0 aromatic heterocycles. The lowest BCUT2D eigenvalue weighted by Gasteiger charge is -2.18. The van der Waals surface area contributed by atoms with Gasteiger partial charge in [0.2, 0.25) is 5.91 Å². The van der Waals surface area contributed by atoms with E-state index >= 15 is 0 Å². The van der Waals surface area contributed by atoms with Crippen LogP contribution in [0.1, 0.15) is 30.5 Å². The van der Waals surface area contributed by atoms with Gasteiger partial charge in [-0.05, 0) is 35.8 Å². The van der Waals surface area contributed by atoms with Crippen molar-refractivity contribution in [3.63, 3.8) is 0 Å². The smallest absolute Gasteiger partial charge is 0.270 e. The lowest BCUT2D eigenvalue weighted by atomic mass is 10.0. The molecule has 7 heteroatoms. The van der Waals surface area contributed by atoms with E-state index in [1.165, 1.54) is 18.2 Å². The Hall–Kier alpha value is -3.35. The van der Waals surface area contributed by atoms with Gasteiger partial charge in [0, 0.05) is 18.2 Å². The van der Waals surface area contributed by atoms with Crippen LogP contribution in [-0.2, 0) is 4.79 Å². The molecule has 0 saturated heterocycles. The SMILES string of the molecule is CC[C@H](NC(=O)/C=C/c1cccc([N+](=O)[O-])c1)c1ccc(OC)c(OC)c1. The lowest BCUT2D eigenvalue weighted by molar-refractivity contribution is -0.384. The standard InChI is InChI=1S/C20H22N2O5/c1-4-17(15-9-10-18(26-2)19(13-15)27-3)21-20(23)11-8-14-6-5-7-16(12-14)22(24)25/h5-13,17H,4H2,1-3H3,(H,21,23)/b11-8+/t17-/m0/s1. The zero-order chi connectivity index (χ0) is 19.8. The second kappa shape index (κ2) is 9.38. The van der Waals surface area contributed by atoms with E-state index in [1.54, 1.807) is 38.5 Å². The first-order chi connectivity index (χ1) is 13.0. The van der Waals surface area contributed by atoms with Crippen LogP contribution in [0.4, 0.5) is 5.69 Å². The van der Waals surface area contributed by atoms with E-state index < -0.39 is 4.92 Å². The number of amides is 1. The number of hydrogen-bond acceptors (Lipinski definition) is 5. The third kappa shape index (κ3) is 5.31. The first-order valence-corrected chi connectivity index (χ1v) is 8.43. The number of ether oxygens (including phenoxy) is 2. The third-order valence-corrected chi connectivity index (χ3v) is 4.04. The summed E-state index contributed by atoms with van der Waals surface area (Å²) in [4.78, 5) is 22.6. The van der Waals surface area contributed by atoms with E-state index in [-0.39, 0.29) is 17.6 Å². The Balaban J connectivity index is 2.11. The summed E-state index contributed by atoms with van der Waals surface area (Å²) < 4.78 is 10.5. The highest BCUT2D eigenvalue weighted by atomic mass is 16.6. The summed E-state index contributed by atoms with van der Waals surface area (Å²) in [7, 11) is 3.12. The number of methoxy groups -OCH3 is 2. The van der Waals surface area contributed by atoms with E-state index in [4.69, 9.17) is 9.47 Å². The summed E-state index contributed by atoms with van der Waals surface area (Å²) in [5, 5.41) is 13.7. The summed E-state index contributed by atoms with van der Waals surface area (Å²) in [6.45, 7) is 1.96. The fourth-order valence-corrected chi connectivity index (χ4v) is 2.62. The Morgan fingerprint density at radius 2 is 1.93 bits per heavy atom. The van der Waals surface area contributed by atoms with Crippen LogP contribution in [0.25, 0.3) is 6.08 Å². The molecule has 142 valence electrons. The van der Waals surface area contributed by atoms with E-state index in [0.29, 0.717) is 23.5 Å². The maximum atomic E-state index is 12.3. The first-order valence-electron chi connectivity index (χ1n) is 8.43. The van der Waals surface area contributed by atoms with Crippen LogP contribution < -0.4 is 14.8 Å². The monoisotopic (exact) mass is 370 g/mol. The fraction of sp³-hybridized carbons (Fsp3) is 0.250. The molecule has 0 bridgehead atoms. The predicted molar refractivity (Wildman–Crippen MR) is 103 cm³/mol. The summed E-state index contributed by atoms with van der Waals surface area (Å²) in [6, 6.07) is 11.4. The van der Waals surface area contributed by atoms with E-state index in [2.05, 4.69) is 5.32 Å². The summed E-state index contributed by atoms with van der Waals surface area (Å²) in [5.74, 6) is 0.922. The number of non-ortho nitro benzene ring substituents is 1. The Bertz CT molecular complexity index is 848. The molecule has 0 aliphatic rings. The number of nitrogens with one attached hydrogen (secondary N) is 1. The quantitative estimate of drug-likeness (QED) is 0.432. The molecular formula is C20H22N2O5. The topological polar surface area (TPSA) is 90.7 Å². The van der Waals surface area contributed by atoms with E-state index in [1.807, 2.05) is 19.1 Å². The first kappa shape index (κ1) is 20.0. The van der Waals surface area contributed by atoms with Crippen LogP contribution in [0, 0.1) is 10.1 Å². The normalized spacial score (nSPS) is 11.8. The van der Waals surface area contributed by atoms with Crippen LogP contribution in [0.3, 0.4) is 0 Å². The molecular weight excluding hydrogens is 348 g/mol. The minimum Gasteiger partial charge on any atom is -0.493 e. The van der Waals surface area contributed by atoms with Crippen molar-refractivity contribution >= 4 is 17.7 Å². The van der Waals surface area contributed by atoms with Crippen LogP contribution in [0.2, 0.25) is 0 Å². The van der Waals surface area contributed by atoms with Crippen LogP contribution >= 0.6 is 0 Å². The average Bonchev–Trinajstić information content (AvgIpc) is 2.70. The molecule has 0 aliphatic carbocycles.